The number of benzene rings is 1. The van der Waals surface area contributed by atoms with E-state index in [4.69, 9.17) is 5.11 Å². The summed E-state index contributed by atoms with van der Waals surface area (Å²) in [5.74, 6) is -0.963. The first-order valence-corrected chi connectivity index (χ1v) is 8.10. The van der Waals surface area contributed by atoms with Crippen LogP contribution in [0.5, 0.6) is 0 Å². The number of amides is 2. The molecule has 0 spiro atoms. The van der Waals surface area contributed by atoms with Crippen molar-refractivity contribution < 1.29 is 14.7 Å². The van der Waals surface area contributed by atoms with E-state index in [-0.39, 0.29) is 24.5 Å². The molecule has 1 atom stereocenters. The Morgan fingerprint density at radius 3 is 2.30 bits per heavy atom. The quantitative estimate of drug-likeness (QED) is 0.705. The minimum absolute atomic E-state index is 0.0277. The van der Waals surface area contributed by atoms with E-state index in [9.17, 15) is 9.59 Å². The molecule has 0 saturated heterocycles. The van der Waals surface area contributed by atoms with Crippen LogP contribution < -0.4 is 10.6 Å². The van der Waals surface area contributed by atoms with Gasteiger partial charge in [-0.1, -0.05) is 45.9 Å². The van der Waals surface area contributed by atoms with E-state index in [1.54, 1.807) is 0 Å². The smallest absolute Gasteiger partial charge is 0.313 e. The molecule has 1 aromatic rings. The fourth-order valence-corrected chi connectivity index (χ4v) is 2.46. The standard InChI is InChI=1S/C18H28N2O3/c1-11(2)14-8-6-7-13(5)16(14)20-18(23)17(22)19-15(9-10-21)12(3)4/h6-8,11-12,15,21H,9-10H2,1-5H3,(H,19,22)(H,20,23). The zero-order valence-electron chi connectivity index (χ0n) is 14.6. The Labute approximate surface area is 138 Å². The maximum atomic E-state index is 12.2. The minimum atomic E-state index is -0.676. The van der Waals surface area contributed by atoms with Crippen LogP contribution in [-0.4, -0.2) is 29.6 Å². The summed E-state index contributed by atoms with van der Waals surface area (Å²) in [6.45, 7) is 9.84. The first-order chi connectivity index (χ1) is 10.8. The van der Waals surface area contributed by atoms with Gasteiger partial charge >= 0.3 is 11.8 Å². The van der Waals surface area contributed by atoms with E-state index < -0.39 is 11.8 Å². The van der Waals surface area contributed by atoms with Crippen molar-refractivity contribution in [3.8, 4) is 0 Å². The summed E-state index contributed by atoms with van der Waals surface area (Å²) in [7, 11) is 0. The highest BCUT2D eigenvalue weighted by Crippen LogP contribution is 2.27. The first kappa shape index (κ1) is 19.2. The maximum Gasteiger partial charge on any atom is 0.313 e. The number of hydrogen-bond acceptors (Lipinski definition) is 3. The number of carbonyl (C=O) groups is 2. The molecule has 3 N–H and O–H groups in total. The molecule has 0 aromatic heterocycles. The lowest BCUT2D eigenvalue weighted by Crippen LogP contribution is -2.44. The van der Waals surface area contributed by atoms with Crippen LogP contribution in [0.2, 0.25) is 0 Å². The SMILES string of the molecule is Cc1cccc(C(C)C)c1NC(=O)C(=O)NC(CCO)C(C)C. The van der Waals surface area contributed by atoms with Crippen molar-refractivity contribution in [2.75, 3.05) is 11.9 Å². The monoisotopic (exact) mass is 320 g/mol. The highest BCUT2D eigenvalue weighted by atomic mass is 16.3. The molecule has 0 aliphatic heterocycles. The number of aliphatic hydroxyl groups is 1. The van der Waals surface area contributed by atoms with Crippen LogP contribution in [0.3, 0.4) is 0 Å². The molecule has 0 aliphatic rings. The predicted molar refractivity (Wildman–Crippen MR) is 92.4 cm³/mol. The average molecular weight is 320 g/mol. The second-order valence-corrected chi connectivity index (χ2v) is 6.48. The lowest BCUT2D eigenvalue weighted by atomic mass is 9.98. The highest BCUT2D eigenvalue weighted by Gasteiger charge is 2.22. The number of nitrogens with one attached hydrogen (secondary N) is 2. The lowest BCUT2D eigenvalue weighted by Gasteiger charge is -2.22. The van der Waals surface area contributed by atoms with Gasteiger partial charge in [0.05, 0.1) is 0 Å². The van der Waals surface area contributed by atoms with Gasteiger partial charge in [0.15, 0.2) is 0 Å². The van der Waals surface area contributed by atoms with Crippen LogP contribution in [0.25, 0.3) is 0 Å². The van der Waals surface area contributed by atoms with Gasteiger partial charge in [-0.3, -0.25) is 9.59 Å². The Balaban J connectivity index is 2.86. The summed E-state index contributed by atoms with van der Waals surface area (Å²) < 4.78 is 0. The number of aryl methyl sites for hydroxylation is 1. The summed E-state index contributed by atoms with van der Waals surface area (Å²) >= 11 is 0. The van der Waals surface area contributed by atoms with Crippen molar-refractivity contribution in [2.45, 2.75) is 53.0 Å². The van der Waals surface area contributed by atoms with Gasteiger partial charge in [0, 0.05) is 18.3 Å². The Morgan fingerprint density at radius 2 is 1.78 bits per heavy atom. The summed E-state index contributed by atoms with van der Waals surface area (Å²) in [6, 6.07) is 5.58. The molecule has 0 radical (unpaired) electrons. The topological polar surface area (TPSA) is 78.4 Å². The number of para-hydroxylation sites is 1. The zero-order valence-corrected chi connectivity index (χ0v) is 14.6. The highest BCUT2D eigenvalue weighted by molar-refractivity contribution is 6.39. The molecule has 0 heterocycles. The van der Waals surface area contributed by atoms with Crippen LogP contribution in [0.4, 0.5) is 5.69 Å². The van der Waals surface area contributed by atoms with Gasteiger partial charge in [-0.05, 0) is 36.3 Å². The van der Waals surface area contributed by atoms with E-state index in [0.717, 1.165) is 11.1 Å². The third-order valence-corrected chi connectivity index (χ3v) is 3.93. The first-order valence-electron chi connectivity index (χ1n) is 8.10. The molecule has 0 saturated carbocycles. The van der Waals surface area contributed by atoms with Gasteiger partial charge in [-0.15, -0.1) is 0 Å². The van der Waals surface area contributed by atoms with Crippen molar-refractivity contribution in [3.63, 3.8) is 0 Å². The van der Waals surface area contributed by atoms with Gasteiger partial charge in [0.25, 0.3) is 0 Å². The van der Waals surface area contributed by atoms with Gasteiger partial charge < -0.3 is 15.7 Å². The summed E-state index contributed by atoms with van der Waals surface area (Å²) in [5, 5.41) is 14.5. The molecule has 5 heteroatoms. The molecule has 1 aromatic carbocycles. The van der Waals surface area contributed by atoms with Crippen LogP contribution in [-0.2, 0) is 9.59 Å². The number of anilines is 1. The Kier molecular flexibility index (Phi) is 7.23. The van der Waals surface area contributed by atoms with Crippen LogP contribution >= 0.6 is 0 Å². The molecule has 128 valence electrons. The van der Waals surface area contributed by atoms with Gasteiger partial charge in [0.2, 0.25) is 0 Å². The predicted octanol–water partition coefficient (Wildman–Crippen LogP) is 2.58. The lowest BCUT2D eigenvalue weighted by molar-refractivity contribution is -0.136. The number of aliphatic hydroxyl groups excluding tert-OH is 1. The van der Waals surface area contributed by atoms with Crippen molar-refractivity contribution in [2.24, 2.45) is 5.92 Å². The molecule has 0 aliphatic carbocycles. The molecule has 0 fully saturated rings. The Bertz CT molecular complexity index is 553. The molecule has 23 heavy (non-hydrogen) atoms. The fraction of sp³-hybridized carbons (Fsp3) is 0.556. The summed E-state index contributed by atoms with van der Waals surface area (Å²) in [4.78, 5) is 24.3. The van der Waals surface area contributed by atoms with E-state index >= 15 is 0 Å². The second-order valence-electron chi connectivity index (χ2n) is 6.48. The van der Waals surface area contributed by atoms with Crippen LogP contribution in [0, 0.1) is 12.8 Å². The Morgan fingerprint density at radius 1 is 1.13 bits per heavy atom. The number of hydrogen-bond donors (Lipinski definition) is 3. The van der Waals surface area contributed by atoms with Crippen molar-refractivity contribution in [3.05, 3.63) is 29.3 Å². The number of rotatable bonds is 6. The van der Waals surface area contributed by atoms with Gasteiger partial charge in [0.1, 0.15) is 0 Å². The van der Waals surface area contributed by atoms with E-state index in [1.165, 1.54) is 0 Å². The third-order valence-electron chi connectivity index (χ3n) is 3.93. The Hall–Kier alpha value is -1.88. The van der Waals surface area contributed by atoms with Crippen molar-refractivity contribution in [1.29, 1.82) is 0 Å². The van der Waals surface area contributed by atoms with E-state index in [2.05, 4.69) is 10.6 Å². The molecule has 0 bridgehead atoms. The normalized spacial score (nSPS) is 12.3. The molecule has 1 unspecified atom stereocenters. The van der Waals surface area contributed by atoms with Crippen LogP contribution in [0.15, 0.2) is 18.2 Å². The largest absolute Gasteiger partial charge is 0.396 e. The average Bonchev–Trinajstić information content (AvgIpc) is 2.48. The molecular formula is C18H28N2O3. The molecule has 2 amide bonds. The van der Waals surface area contributed by atoms with E-state index in [1.807, 2.05) is 52.8 Å². The number of carbonyl (C=O) groups excluding carboxylic acids is 2. The molecule has 5 nitrogen and oxygen atoms in total. The molecular weight excluding hydrogens is 292 g/mol. The van der Waals surface area contributed by atoms with Crippen molar-refractivity contribution >= 4 is 17.5 Å². The van der Waals surface area contributed by atoms with Crippen molar-refractivity contribution in [1.82, 2.24) is 5.32 Å². The molecule has 1 rings (SSSR count). The van der Waals surface area contributed by atoms with Crippen LogP contribution in [0.1, 0.15) is 51.2 Å². The maximum absolute atomic E-state index is 12.2. The fourth-order valence-electron chi connectivity index (χ4n) is 2.46. The zero-order chi connectivity index (χ0) is 17.6. The summed E-state index contributed by atoms with van der Waals surface area (Å²) in [5.41, 5.74) is 2.63. The minimum Gasteiger partial charge on any atom is -0.396 e. The third kappa shape index (κ3) is 5.36. The van der Waals surface area contributed by atoms with Gasteiger partial charge in [-0.25, -0.2) is 0 Å². The second kappa shape index (κ2) is 8.67. The van der Waals surface area contributed by atoms with E-state index in [0.29, 0.717) is 12.1 Å². The summed E-state index contributed by atoms with van der Waals surface area (Å²) in [6.07, 6.45) is 0.429. The van der Waals surface area contributed by atoms with Gasteiger partial charge in [-0.2, -0.15) is 0 Å².